The summed E-state index contributed by atoms with van der Waals surface area (Å²) in [6.07, 6.45) is 0. The molecule has 126 valence electrons. The Kier molecular flexibility index (Phi) is 6.31. The van der Waals surface area contributed by atoms with Gasteiger partial charge in [-0.25, -0.2) is 4.79 Å². The van der Waals surface area contributed by atoms with Gasteiger partial charge in [0.2, 0.25) is 0 Å². The molecular formula is C17H15F2NO3S. The molecule has 0 spiro atoms. The van der Waals surface area contributed by atoms with Crippen LogP contribution in [0, 0.1) is 6.92 Å². The van der Waals surface area contributed by atoms with E-state index >= 15 is 0 Å². The smallest absolute Gasteiger partial charge is 0.338 e. The van der Waals surface area contributed by atoms with E-state index in [4.69, 9.17) is 4.74 Å². The van der Waals surface area contributed by atoms with Crippen LogP contribution in [-0.2, 0) is 9.53 Å². The van der Waals surface area contributed by atoms with Crippen LogP contribution < -0.4 is 5.32 Å². The summed E-state index contributed by atoms with van der Waals surface area (Å²) in [5, 5.41) is 2.53. The molecule has 0 aliphatic rings. The van der Waals surface area contributed by atoms with Gasteiger partial charge in [0.25, 0.3) is 11.7 Å². The second-order valence-electron chi connectivity index (χ2n) is 4.90. The minimum Gasteiger partial charge on any atom is -0.452 e. The Morgan fingerprint density at radius 3 is 2.50 bits per heavy atom. The molecular weight excluding hydrogens is 336 g/mol. The highest BCUT2D eigenvalue weighted by Crippen LogP contribution is 2.26. The van der Waals surface area contributed by atoms with Gasteiger partial charge in [-0.15, -0.1) is 0 Å². The van der Waals surface area contributed by atoms with Crippen molar-refractivity contribution in [1.29, 1.82) is 0 Å². The molecule has 0 heterocycles. The van der Waals surface area contributed by atoms with Gasteiger partial charge in [-0.05, 0) is 43.3 Å². The fourth-order valence-electron chi connectivity index (χ4n) is 1.90. The van der Waals surface area contributed by atoms with E-state index in [9.17, 15) is 18.4 Å². The first kappa shape index (κ1) is 17.9. The Labute approximate surface area is 142 Å². The van der Waals surface area contributed by atoms with Gasteiger partial charge in [-0.2, -0.15) is 8.78 Å². The van der Waals surface area contributed by atoms with E-state index in [0.29, 0.717) is 27.9 Å². The molecule has 2 rings (SSSR count). The first-order valence-electron chi connectivity index (χ1n) is 7.02. The normalized spacial score (nSPS) is 10.5. The average Bonchev–Trinajstić information content (AvgIpc) is 2.54. The number of esters is 1. The maximum Gasteiger partial charge on any atom is 0.338 e. The third-order valence-corrected chi connectivity index (χ3v) is 3.67. The molecule has 0 aliphatic heterocycles. The number of amides is 1. The highest BCUT2D eigenvalue weighted by atomic mass is 32.2. The summed E-state index contributed by atoms with van der Waals surface area (Å²) in [5.41, 5.74) is 1.72. The van der Waals surface area contributed by atoms with E-state index in [-0.39, 0.29) is 0 Å². The van der Waals surface area contributed by atoms with Crippen molar-refractivity contribution in [1.82, 2.24) is 0 Å². The van der Waals surface area contributed by atoms with Crippen molar-refractivity contribution in [2.24, 2.45) is 0 Å². The third kappa shape index (κ3) is 5.66. The highest BCUT2D eigenvalue weighted by Gasteiger charge is 2.11. The predicted octanol–water partition coefficient (Wildman–Crippen LogP) is 4.11. The number of ether oxygens (including phenoxy) is 1. The molecule has 0 bridgehead atoms. The number of carbonyl (C=O) groups excluding carboxylic acids is 2. The third-order valence-electron chi connectivity index (χ3n) is 2.95. The van der Waals surface area contributed by atoms with Gasteiger partial charge in [0.05, 0.1) is 5.56 Å². The summed E-state index contributed by atoms with van der Waals surface area (Å²) < 4.78 is 29.4. The Morgan fingerprint density at radius 2 is 1.88 bits per heavy atom. The Bertz CT molecular complexity index is 720. The zero-order valence-electron chi connectivity index (χ0n) is 12.8. The molecule has 0 saturated carbocycles. The van der Waals surface area contributed by atoms with Gasteiger partial charge < -0.3 is 10.1 Å². The zero-order chi connectivity index (χ0) is 17.5. The molecule has 0 aromatic heterocycles. The van der Waals surface area contributed by atoms with Gasteiger partial charge in [-0.1, -0.05) is 29.5 Å². The summed E-state index contributed by atoms with van der Waals surface area (Å²) in [4.78, 5) is 24.0. The lowest BCUT2D eigenvalue weighted by Crippen LogP contribution is -2.20. The predicted molar refractivity (Wildman–Crippen MR) is 88.4 cm³/mol. The monoisotopic (exact) mass is 351 g/mol. The number of nitrogens with one attached hydrogen (secondary N) is 1. The van der Waals surface area contributed by atoms with Crippen molar-refractivity contribution in [3.8, 4) is 0 Å². The number of thioether (sulfide) groups is 1. The quantitative estimate of drug-likeness (QED) is 0.629. The molecule has 0 saturated heterocycles. The fourth-order valence-corrected chi connectivity index (χ4v) is 2.40. The second-order valence-corrected chi connectivity index (χ2v) is 5.96. The lowest BCUT2D eigenvalue weighted by atomic mass is 10.1. The molecule has 0 unspecified atom stereocenters. The van der Waals surface area contributed by atoms with E-state index < -0.39 is 24.2 Å². The maximum absolute atomic E-state index is 12.2. The Hall–Kier alpha value is -2.41. The molecule has 2 aromatic rings. The van der Waals surface area contributed by atoms with Crippen LogP contribution in [0.5, 0.6) is 0 Å². The summed E-state index contributed by atoms with van der Waals surface area (Å²) >= 11 is 0.424. The van der Waals surface area contributed by atoms with Crippen molar-refractivity contribution in [3.63, 3.8) is 0 Å². The molecule has 7 heteroatoms. The van der Waals surface area contributed by atoms with Crippen LogP contribution in [0.4, 0.5) is 14.5 Å². The Morgan fingerprint density at radius 1 is 1.17 bits per heavy atom. The number of carbonyl (C=O) groups is 2. The standard InChI is InChI=1S/C17H15F2NO3S/c1-11-3-2-4-12(9-11)16(22)23-10-15(21)20-13-5-7-14(8-6-13)24-17(18)19/h2-9,17H,10H2,1H3,(H,20,21). The largest absolute Gasteiger partial charge is 0.452 e. The SMILES string of the molecule is Cc1cccc(C(=O)OCC(=O)Nc2ccc(SC(F)F)cc2)c1. The molecule has 24 heavy (non-hydrogen) atoms. The van der Waals surface area contributed by atoms with Crippen molar-refractivity contribution in [2.45, 2.75) is 17.6 Å². The lowest BCUT2D eigenvalue weighted by molar-refractivity contribution is -0.119. The number of halogens is 2. The second kappa shape index (κ2) is 8.44. The summed E-state index contributed by atoms with van der Waals surface area (Å²) in [7, 11) is 0. The summed E-state index contributed by atoms with van der Waals surface area (Å²) in [6.45, 7) is 1.42. The molecule has 0 atom stereocenters. The van der Waals surface area contributed by atoms with Crippen molar-refractivity contribution in [2.75, 3.05) is 11.9 Å². The molecule has 0 radical (unpaired) electrons. The topological polar surface area (TPSA) is 55.4 Å². The molecule has 4 nitrogen and oxygen atoms in total. The van der Waals surface area contributed by atoms with Crippen LogP contribution >= 0.6 is 11.8 Å². The van der Waals surface area contributed by atoms with Gasteiger partial charge in [0.1, 0.15) is 0 Å². The molecule has 2 aromatic carbocycles. The maximum atomic E-state index is 12.2. The average molecular weight is 351 g/mol. The first-order valence-corrected chi connectivity index (χ1v) is 7.90. The van der Waals surface area contributed by atoms with Gasteiger partial charge in [-0.3, -0.25) is 4.79 Å². The lowest BCUT2D eigenvalue weighted by Gasteiger charge is -2.08. The van der Waals surface area contributed by atoms with Crippen LogP contribution in [-0.4, -0.2) is 24.2 Å². The van der Waals surface area contributed by atoms with Gasteiger partial charge >= 0.3 is 5.97 Å². The van der Waals surface area contributed by atoms with E-state index in [0.717, 1.165) is 5.56 Å². The zero-order valence-corrected chi connectivity index (χ0v) is 13.6. The van der Waals surface area contributed by atoms with Gasteiger partial charge in [0, 0.05) is 10.6 Å². The first-order chi connectivity index (χ1) is 11.4. The molecule has 0 fully saturated rings. The molecule has 0 aliphatic carbocycles. The van der Waals surface area contributed by atoms with Gasteiger partial charge in [0.15, 0.2) is 6.61 Å². The summed E-state index contributed by atoms with van der Waals surface area (Å²) in [5.74, 6) is -3.59. The van der Waals surface area contributed by atoms with E-state index in [1.807, 2.05) is 13.0 Å². The summed E-state index contributed by atoms with van der Waals surface area (Å²) in [6, 6.07) is 12.8. The van der Waals surface area contributed by atoms with Crippen LogP contribution in [0.25, 0.3) is 0 Å². The number of hydrogen-bond acceptors (Lipinski definition) is 4. The van der Waals surface area contributed by atoms with Crippen molar-refractivity contribution in [3.05, 3.63) is 59.7 Å². The van der Waals surface area contributed by atoms with E-state index in [1.165, 1.54) is 24.3 Å². The van der Waals surface area contributed by atoms with E-state index in [1.54, 1.807) is 18.2 Å². The number of benzene rings is 2. The molecule has 1 N–H and O–H groups in total. The fraction of sp³-hybridized carbons (Fsp3) is 0.176. The van der Waals surface area contributed by atoms with Crippen LogP contribution in [0.3, 0.4) is 0 Å². The van der Waals surface area contributed by atoms with E-state index in [2.05, 4.69) is 5.32 Å². The minimum absolute atomic E-state index is 0.371. The Balaban J connectivity index is 1.83. The van der Waals surface area contributed by atoms with Crippen LogP contribution in [0.1, 0.15) is 15.9 Å². The number of hydrogen-bond donors (Lipinski definition) is 1. The number of anilines is 1. The van der Waals surface area contributed by atoms with Crippen molar-refractivity contribution >= 4 is 29.3 Å². The minimum atomic E-state index is -2.49. The van der Waals surface area contributed by atoms with Crippen LogP contribution in [0.2, 0.25) is 0 Å². The molecule has 1 amide bonds. The number of alkyl halides is 2. The highest BCUT2D eigenvalue weighted by molar-refractivity contribution is 7.99. The van der Waals surface area contributed by atoms with Crippen molar-refractivity contribution < 1.29 is 23.1 Å². The number of aryl methyl sites for hydroxylation is 1. The van der Waals surface area contributed by atoms with Crippen LogP contribution in [0.15, 0.2) is 53.4 Å². The number of rotatable bonds is 6.